The second-order valence-electron chi connectivity index (χ2n) is 10.8. The van der Waals surface area contributed by atoms with Crippen LogP contribution in [-0.4, -0.2) is 40.3 Å². The molecule has 0 radical (unpaired) electrons. The highest BCUT2D eigenvalue weighted by atomic mass is 16.5. The van der Waals surface area contributed by atoms with Crippen molar-refractivity contribution in [2.24, 2.45) is 17.8 Å². The summed E-state index contributed by atoms with van der Waals surface area (Å²) in [4.78, 5) is 58.2. The van der Waals surface area contributed by atoms with Gasteiger partial charge < -0.3 is 9.84 Å². The lowest BCUT2D eigenvalue weighted by atomic mass is 9.78. The predicted molar refractivity (Wildman–Crippen MR) is 157 cm³/mol. The number of esters is 1. The third-order valence-corrected chi connectivity index (χ3v) is 8.02. The number of aromatic hydroxyl groups is 1. The van der Waals surface area contributed by atoms with Crippen molar-refractivity contribution in [2.45, 2.75) is 20.3 Å². The van der Waals surface area contributed by atoms with Crippen LogP contribution in [-0.2, 0) is 14.3 Å². The number of benzene rings is 3. The number of ether oxygens (including phenoxy) is 1. The summed E-state index contributed by atoms with van der Waals surface area (Å²) in [7, 11) is 0. The standard InChI is InChI=1S/C34H28N2O6/c1-19-10-15-27-25(16-19)26(34(41)42-18-30(38)23-7-3-4-9-29(23)37)17-28(35-27)21-11-13-22(14-12-21)36-32(39)24-8-5-6-20(2)31(24)33(36)40/h3-7,9-17,20,24,31,37H,8,18H2,1-2H3. The zero-order valence-corrected chi connectivity index (χ0v) is 23.1. The molecular weight excluding hydrogens is 532 g/mol. The average molecular weight is 561 g/mol. The van der Waals surface area contributed by atoms with E-state index in [9.17, 15) is 24.3 Å². The van der Waals surface area contributed by atoms with E-state index in [0.29, 0.717) is 34.3 Å². The Hall–Kier alpha value is -5.11. The third-order valence-electron chi connectivity index (χ3n) is 8.02. The molecule has 3 aromatic carbocycles. The Morgan fingerprint density at radius 2 is 1.74 bits per heavy atom. The van der Waals surface area contributed by atoms with E-state index in [2.05, 4.69) is 0 Å². The van der Waals surface area contributed by atoms with Gasteiger partial charge in [0, 0.05) is 10.9 Å². The van der Waals surface area contributed by atoms with Gasteiger partial charge in [0.15, 0.2) is 6.61 Å². The number of aromatic nitrogens is 1. The summed E-state index contributed by atoms with van der Waals surface area (Å²) in [5, 5.41) is 10.5. The van der Waals surface area contributed by atoms with Crippen molar-refractivity contribution in [3.05, 3.63) is 102 Å². The first-order valence-electron chi connectivity index (χ1n) is 13.8. The summed E-state index contributed by atoms with van der Waals surface area (Å²) in [6.07, 6.45) is 4.53. The fourth-order valence-electron chi connectivity index (χ4n) is 5.84. The highest BCUT2D eigenvalue weighted by Gasteiger charge is 2.50. The van der Waals surface area contributed by atoms with E-state index < -0.39 is 18.4 Å². The molecule has 1 aliphatic carbocycles. The molecule has 1 fully saturated rings. The Balaban J connectivity index is 1.29. The van der Waals surface area contributed by atoms with E-state index in [1.807, 2.05) is 44.2 Å². The Morgan fingerprint density at radius 1 is 0.976 bits per heavy atom. The molecule has 1 aromatic heterocycles. The minimum atomic E-state index is -0.701. The van der Waals surface area contributed by atoms with E-state index in [1.165, 1.54) is 17.0 Å². The second-order valence-corrected chi connectivity index (χ2v) is 10.8. The molecule has 2 heterocycles. The monoisotopic (exact) mass is 560 g/mol. The largest absolute Gasteiger partial charge is 0.507 e. The summed E-state index contributed by atoms with van der Waals surface area (Å²) in [6.45, 7) is 3.32. The van der Waals surface area contributed by atoms with Crippen molar-refractivity contribution in [1.82, 2.24) is 4.98 Å². The maximum absolute atomic E-state index is 13.3. The smallest absolute Gasteiger partial charge is 0.339 e. The number of carbonyl (C=O) groups is 4. The Labute approximate surface area is 242 Å². The van der Waals surface area contributed by atoms with E-state index in [-0.39, 0.29) is 46.4 Å². The molecule has 0 saturated carbocycles. The number of allylic oxidation sites excluding steroid dienone is 2. The first-order valence-corrected chi connectivity index (χ1v) is 13.8. The van der Waals surface area contributed by atoms with Crippen molar-refractivity contribution in [3.8, 4) is 17.0 Å². The number of hydrogen-bond donors (Lipinski definition) is 1. The van der Waals surface area contributed by atoms with E-state index >= 15 is 0 Å². The number of rotatable bonds is 6. The van der Waals surface area contributed by atoms with Crippen molar-refractivity contribution in [1.29, 1.82) is 0 Å². The van der Waals surface area contributed by atoms with Gasteiger partial charge in [-0.25, -0.2) is 9.78 Å². The molecule has 1 N–H and O–H groups in total. The Kier molecular flexibility index (Phi) is 6.90. The van der Waals surface area contributed by atoms with Crippen LogP contribution in [0.3, 0.4) is 0 Å². The quantitative estimate of drug-likeness (QED) is 0.140. The van der Waals surface area contributed by atoms with Crippen LogP contribution in [0.25, 0.3) is 22.2 Å². The molecule has 3 atom stereocenters. The zero-order chi connectivity index (χ0) is 29.5. The van der Waals surface area contributed by atoms with Crippen LogP contribution < -0.4 is 4.90 Å². The van der Waals surface area contributed by atoms with Gasteiger partial charge in [0.1, 0.15) is 5.75 Å². The maximum Gasteiger partial charge on any atom is 0.339 e. The zero-order valence-electron chi connectivity index (χ0n) is 23.1. The lowest BCUT2D eigenvalue weighted by molar-refractivity contribution is -0.122. The number of fused-ring (bicyclic) bond motifs is 2. The van der Waals surface area contributed by atoms with Crippen LogP contribution in [0.2, 0.25) is 0 Å². The van der Waals surface area contributed by atoms with Gasteiger partial charge in [-0.1, -0.05) is 55.0 Å². The van der Waals surface area contributed by atoms with Crippen molar-refractivity contribution in [3.63, 3.8) is 0 Å². The number of nitrogens with zero attached hydrogens (tertiary/aromatic N) is 2. The van der Waals surface area contributed by atoms with Gasteiger partial charge in [0.25, 0.3) is 0 Å². The summed E-state index contributed by atoms with van der Waals surface area (Å²) in [5.74, 6) is -2.46. The summed E-state index contributed by atoms with van der Waals surface area (Å²) < 4.78 is 5.39. The topological polar surface area (TPSA) is 114 Å². The number of phenolic OH excluding ortho intramolecular Hbond substituents is 1. The van der Waals surface area contributed by atoms with E-state index in [4.69, 9.17) is 9.72 Å². The van der Waals surface area contributed by atoms with Crippen LogP contribution in [0.15, 0.2) is 84.9 Å². The second kappa shape index (κ2) is 10.7. The number of amides is 2. The van der Waals surface area contributed by atoms with E-state index in [0.717, 1.165) is 5.56 Å². The molecule has 0 spiro atoms. The molecule has 2 aliphatic rings. The summed E-state index contributed by atoms with van der Waals surface area (Å²) >= 11 is 0. The predicted octanol–water partition coefficient (Wildman–Crippen LogP) is 5.66. The van der Waals surface area contributed by atoms with Crippen LogP contribution >= 0.6 is 0 Å². The summed E-state index contributed by atoms with van der Waals surface area (Å²) in [5.41, 5.74) is 3.45. The highest BCUT2D eigenvalue weighted by molar-refractivity contribution is 6.22. The van der Waals surface area contributed by atoms with Gasteiger partial charge in [-0.3, -0.25) is 19.3 Å². The van der Waals surface area contributed by atoms with Crippen LogP contribution in [0.4, 0.5) is 5.69 Å². The Morgan fingerprint density at radius 3 is 2.48 bits per heavy atom. The number of hydrogen-bond acceptors (Lipinski definition) is 7. The molecule has 2 amide bonds. The van der Waals surface area contributed by atoms with Crippen molar-refractivity contribution in [2.75, 3.05) is 11.5 Å². The Bertz CT molecular complexity index is 1790. The van der Waals surface area contributed by atoms with Crippen LogP contribution in [0.5, 0.6) is 5.75 Å². The number of anilines is 1. The minimum Gasteiger partial charge on any atom is -0.507 e. The normalized spacial score (nSPS) is 19.7. The number of para-hydroxylation sites is 1. The maximum atomic E-state index is 13.3. The number of imide groups is 1. The summed E-state index contributed by atoms with van der Waals surface area (Å²) in [6, 6.07) is 20.2. The van der Waals surface area contributed by atoms with Gasteiger partial charge in [-0.05, 0) is 61.7 Å². The number of Topliss-reactive ketones (excluding diaryl/α,β-unsaturated/α-hetero) is 1. The molecule has 1 saturated heterocycles. The van der Waals surface area contributed by atoms with Crippen LogP contribution in [0, 0.1) is 24.7 Å². The first kappa shape index (κ1) is 27.1. The van der Waals surface area contributed by atoms with Gasteiger partial charge in [0.05, 0.1) is 39.9 Å². The molecule has 8 nitrogen and oxygen atoms in total. The average Bonchev–Trinajstić information content (AvgIpc) is 3.25. The van der Waals surface area contributed by atoms with Gasteiger partial charge in [-0.15, -0.1) is 0 Å². The fourth-order valence-corrected chi connectivity index (χ4v) is 5.84. The number of phenols is 1. The van der Waals surface area contributed by atoms with Crippen molar-refractivity contribution >= 4 is 40.2 Å². The fraction of sp³-hybridized carbons (Fsp3) is 0.206. The van der Waals surface area contributed by atoms with Gasteiger partial charge in [-0.2, -0.15) is 0 Å². The molecule has 3 unspecified atom stereocenters. The molecule has 0 bridgehead atoms. The molecule has 210 valence electrons. The van der Waals surface area contributed by atoms with Gasteiger partial charge >= 0.3 is 5.97 Å². The van der Waals surface area contributed by atoms with Crippen molar-refractivity contribution < 1.29 is 29.0 Å². The number of carbonyl (C=O) groups excluding carboxylic acids is 4. The number of ketones is 1. The van der Waals surface area contributed by atoms with Gasteiger partial charge in [0.2, 0.25) is 17.6 Å². The highest BCUT2D eigenvalue weighted by Crippen LogP contribution is 2.40. The van der Waals surface area contributed by atoms with E-state index in [1.54, 1.807) is 42.5 Å². The lowest BCUT2D eigenvalue weighted by Gasteiger charge is -2.22. The third kappa shape index (κ3) is 4.75. The molecule has 1 aliphatic heterocycles. The molecular formula is C34H28N2O6. The molecule has 4 aromatic rings. The molecule has 8 heteroatoms. The number of pyridine rings is 1. The molecule has 6 rings (SSSR count). The minimum absolute atomic E-state index is 0.00163. The first-order chi connectivity index (χ1) is 20.2. The SMILES string of the molecule is Cc1ccc2nc(-c3ccc(N4C(=O)C5CC=CC(C)C5C4=O)cc3)cc(C(=O)OCC(=O)c3ccccc3O)c2c1. The lowest BCUT2D eigenvalue weighted by Crippen LogP contribution is -2.31. The molecule has 42 heavy (non-hydrogen) atoms. The van der Waals surface area contributed by atoms with Crippen LogP contribution in [0.1, 0.15) is 39.6 Å². The number of aryl methyl sites for hydroxylation is 1.